The van der Waals surface area contributed by atoms with Crippen molar-refractivity contribution in [2.24, 2.45) is 0 Å². The summed E-state index contributed by atoms with van der Waals surface area (Å²) >= 11 is 0. The van der Waals surface area contributed by atoms with E-state index in [4.69, 9.17) is 0 Å². The molecule has 0 amide bonds. The van der Waals surface area contributed by atoms with Gasteiger partial charge in [0.25, 0.3) is 5.56 Å². The maximum atomic E-state index is 12.9. The number of rotatable bonds is 12. The first-order valence-corrected chi connectivity index (χ1v) is 9.95. The molecule has 0 saturated carbocycles. The van der Waals surface area contributed by atoms with Gasteiger partial charge in [0, 0.05) is 19.6 Å². The van der Waals surface area contributed by atoms with Gasteiger partial charge in [0.1, 0.15) is 0 Å². The van der Waals surface area contributed by atoms with E-state index in [2.05, 4.69) is 18.5 Å². The molecule has 0 unspecified atom stereocenters. The first-order chi connectivity index (χ1) is 12.7. The molecule has 0 spiro atoms. The van der Waals surface area contributed by atoms with Gasteiger partial charge in [0.15, 0.2) is 11.2 Å². The molecule has 144 valence electrons. The second-order valence-electron chi connectivity index (χ2n) is 6.85. The summed E-state index contributed by atoms with van der Waals surface area (Å²) in [5, 5.41) is 0. The van der Waals surface area contributed by atoms with Crippen LogP contribution in [-0.2, 0) is 19.6 Å². The molecule has 0 aliphatic heterocycles. The first-order valence-electron chi connectivity index (χ1n) is 9.95. The van der Waals surface area contributed by atoms with Gasteiger partial charge < -0.3 is 4.57 Å². The molecule has 0 radical (unpaired) electrons. The summed E-state index contributed by atoms with van der Waals surface area (Å²) in [5.41, 5.74) is 0.654. The molecule has 0 bridgehead atoms. The van der Waals surface area contributed by atoms with Crippen molar-refractivity contribution in [3.05, 3.63) is 39.8 Å². The molecule has 6 nitrogen and oxygen atoms in total. The third-order valence-electron chi connectivity index (χ3n) is 4.72. The minimum absolute atomic E-state index is 0.206. The molecular formula is C20H32N4O2. The van der Waals surface area contributed by atoms with Crippen molar-refractivity contribution in [3.63, 3.8) is 0 Å². The van der Waals surface area contributed by atoms with Gasteiger partial charge in [-0.05, 0) is 32.1 Å². The number of allylic oxidation sites excluding steroid dienone is 1. The molecule has 2 aromatic rings. The summed E-state index contributed by atoms with van der Waals surface area (Å²) in [7, 11) is 0. The van der Waals surface area contributed by atoms with Crippen LogP contribution in [0, 0.1) is 0 Å². The lowest BCUT2D eigenvalue weighted by molar-refractivity contribution is 0.535. The number of fused-ring (bicyclic) bond motifs is 1. The Hall–Kier alpha value is -2.11. The molecule has 0 atom stereocenters. The Morgan fingerprint density at radius 3 is 2.42 bits per heavy atom. The van der Waals surface area contributed by atoms with Crippen molar-refractivity contribution in [2.75, 3.05) is 0 Å². The summed E-state index contributed by atoms with van der Waals surface area (Å²) in [6.45, 7) is 9.70. The monoisotopic (exact) mass is 360 g/mol. The van der Waals surface area contributed by atoms with E-state index in [1.807, 2.05) is 17.6 Å². The fourth-order valence-corrected chi connectivity index (χ4v) is 3.30. The van der Waals surface area contributed by atoms with Crippen LogP contribution in [0.3, 0.4) is 0 Å². The highest BCUT2D eigenvalue weighted by Gasteiger charge is 2.17. The van der Waals surface area contributed by atoms with Crippen LogP contribution in [0.1, 0.15) is 65.2 Å². The van der Waals surface area contributed by atoms with E-state index in [-0.39, 0.29) is 11.2 Å². The molecule has 0 N–H and O–H groups in total. The Morgan fingerprint density at radius 1 is 0.962 bits per heavy atom. The van der Waals surface area contributed by atoms with Crippen LogP contribution in [0.5, 0.6) is 0 Å². The lowest BCUT2D eigenvalue weighted by Crippen LogP contribution is -2.40. The summed E-state index contributed by atoms with van der Waals surface area (Å²) in [6.07, 6.45) is 11.7. The molecule has 0 aromatic carbocycles. The summed E-state index contributed by atoms with van der Waals surface area (Å²) < 4.78 is 4.98. The molecule has 2 aromatic heterocycles. The minimum Gasteiger partial charge on any atom is -0.325 e. The van der Waals surface area contributed by atoms with Crippen molar-refractivity contribution >= 4 is 11.2 Å². The third kappa shape index (κ3) is 4.54. The van der Waals surface area contributed by atoms with Crippen molar-refractivity contribution < 1.29 is 0 Å². The van der Waals surface area contributed by atoms with Crippen molar-refractivity contribution in [1.29, 1.82) is 0 Å². The van der Waals surface area contributed by atoms with E-state index >= 15 is 0 Å². The Morgan fingerprint density at radius 2 is 1.73 bits per heavy atom. The summed E-state index contributed by atoms with van der Waals surface area (Å²) in [5.74, 6) is 0. The van der Waals surface area contributed by atoms with E-state index in [1.165, 1.54) is 17.4 Å². The molecule has 2 heterocycles. The van der Waals surface area contributed by atoms with Crippen LogP contribution >= 0.6 is 0 Å². The van der Waals surface area contributed by atoms with Gasteiger partial charge in [-0.3, -0.25) is 13.9 Å². The van der Waals surface area contributed by atoms with Crippen molar-refractivity contribution in [2.45, 2.75) is 84.8 Å². The fraction of sp³-hybridized carbons (Fsp3) is 0.650. The quantitative estimate of drug-likeness (QED) is 0.428. The van der Waals surface area contributed by atoms with Crippen LogP contribution in [0.2, 0.25) is 0 Å². The first kappa shape index (κ1) is 20.2. The highest BCUT2D eigenvalue weighted by Crippen LogP contribution is 2.11. The molecule has 0 aliphatic rings. The molecule has 0 aliphatic carbocycles. The topological polar surface area (TPSA) is 61.8 Å². The van der Waals surface area contributed by atoms with Gasteiger partial charge in [-0.2, -0.15) is 0 Å². The molecule has 0 fully saturated rings. The fourth-order valence-electron chi connectivity index (χ4n) is 3.30. The minimum atomic E-state index is -0.237. The number of hydrogen-bond acceptors (Lipinski definition) is 3. The maximum Gasteiger partial charge on any atom is 0.332 e. The van der Waals surface area contributed by atoms with E-state index in [9.17, 15) is 9.59 Å². The average Bonchev–Trinajstić information content (AvgIpc) is 3.05. The van der Waals surface area contributed by atoms with Gasteiger partial charge in [-0.15, -0.1) is 6.58 Å². The Balaban J connectivity index is 2.41. The highest BCUT2D eigenvalue weighted by molar-refractivity contribution is 5.70. The molecule has 0 saturated heterocycles. The number of aromatic nitrogens is 4. The second-order valence-corrected chi connectivity index (χ2v) is 6.85. The number of imidazole rings is 1. The van der Waals surface area contributed by atoms with Crippen LogP contribution in [-0.4, -0.2) is 18.7 Å². The number of aryl methyl sites for hydroxylation is 2. The smallest absolute Gasteiger partial charge is 0.325 e. The molecular weight excluding hydrogens is 328 g/mol. The van der Waals surface area contributed by atoms with Gasteiger partial charge in [0.05, 0.1) is 6.33 Å². The van der Waals surface area contributed by atoms with E-state index in [1.54, 1.807) is 10.9 Å². The SMILES string of the molecule is C=CCCCCn1c(=O)n(CCC)c(=O)c2c1ncn2CCCCCC. The largest absolute Gasteiger partial charge is 0.332 e. The molecule has 6 heteroatoms. The highest BCUT2D eigenvalue weighted by atomic mass is 16.2. The third-order valence-corrected chi connectivity index (χ3v) is 4.72. The Bertz CT molecular complexity index is 829. The zero-order valence-corrected chi connectivity index (χ0v) is 16.2. The van der Waals surface area contributed by atoms with E-state index in [0.717, 1.165) is 45.1 Å². The zero-order chi connectivity index (χ0) is 18.9. The molecule has 26 heavy (non-hydrogen) atoms. The predicted octanol–water partition coefficient (Wildman–Crippen LogP) is 3.71. The Labute approximate surface area is 155 Å². The second kappa shape index (κ2) is 10.1. The van der Waals surface area contributed by atoms with E-state index < -0.39 is 0 Å². The van der Waals surface area contributed by atoms with Gasteiger partial charge in [-0.25, -0.2) is 9.78 Å². The van der Waals surface area contributed by atoms with Crippen LogP contribution in [0.25, 0.3) is 11.2 Å². The normalized spacial score (nSPS) is 11.3. The van der Waals surface area contributed by atoms with E-state index in [0.29, 0.717) is 24.3 Å². The number of unbranched alkanes of at least 4 members (excludes halogenated alkanes) is 5. The van der Waals surface area contributed by atoms with Gasteiger partial charge >= 0.3 is 5.69 Å². The lowest BCUT2D eigenvalue weighted by atomic mass is 10.2. The Kier molecular flexibility index (Phi) is 7.88. The standard InChI is InChI=1S/C20H32N4O2/c1-4-7-9-11-14-22-16-21-18-17(22)19(25)24(13-6-3)20(26)23(18)15-12-10-8-5-2/h5,16H,2,4,6-15H2,1,3H3. The summed E-state index contributed by atoms with van der Waals surface area (Å²) in [4.78, 5) is 30.2. The molecule has 2 rings (SSSR count). The maximum absolute atomic E-state index is 12.9. The van der Waals surface area contributed by atoms with Crippen LogP contribution in [0.15, 0.2) is 28.6 Å². The van der Waals surface area contributed by atoms with Crippen molar-refractivity contribution in [3.8, 4) is 0 Å². The van der Waals surface area contributed by atoms with Crippen LogP contribution in [0.4, 0.5) is 0 Å². The lowest BCUT2D eigenvalue weighted by Gasteiger charge is -2.12. The van der Waals surface area contributed by atoms with Crippen molar-refractivity contribution in [1.82, 2.24) is 18.7 Å². The zero-order valence-electron chi connectivity index (χ0n) is 16.2. The predicted molar refractivity (Wildman–Crippen MR) is 107 cm³/mol. The number of hydrogen-bond donors (Lipinski definition) is 0. The van der Waals surface area contributed by atoms with Crippen LogP contribution < -0.4 is 11.2 Å². The van der Waals surface area contributed by atoms with Gasteiger partial charge in [-0.1, -0.05) is 39.2 Å². The average molecular weight is 361 g/mol. The summed E-state index contributed by atoms with van der Waals surface area (Å²) in [6, 6.07) is 0. The number of nitrogens with zero attached hydrogens (tertiary/aromatic N) is 4. The van der Waals surface area contributed by atoms with Gasteiger partial charge in [0.2, 0.25) is 0 Å².